The summed E-state index contributed by atoms with van der Waals surface area (Å²) < 4.78 is 7.50. The van der Waals surface area contributed by atoms with Crippen molar-refractivity contribution >= 4 is 16.8 Å². The Morgan fingerprint density at radius 2 is 2.24 bits per heavy atom. The zero-order valence-corrected chi connectivity index (χ0v) is 13.8. The van der Waals surface area contributed by atoms with Crippen molar-refractivity contribution in [1.82, 2.24) is 19.9 Å². The molecule has 1 amide bonds. The number of H-pyrrole nitrogens is 1. The molecule has 3 heterocycles. The van der Waals surface area contributed by atoms with Crippen LogP contribution >= 0.6 is 0 Å². The molecule has 6 nitrogen and oxygen atoms in total. The predicted molar refractivity (Wildman–Crippen MR) is 94.2 cm³/mol. The number of carbonyl (C=O) groups excluding carboxylic acids is 1. The number of hydrogen-bond donors (Lipinski definition) is 2. The number of imidazole rings is 1. The van der Waals surface area contributed by atoms with Gasteiger partial charge in [0.25, 0.3) is 5.91 Å². The lowest BCUT2D eigenvalue weighted by atomic mass is 10.1. The van der Waals surface area contributed by atoms with Crippen molar-refractivity contribution in [2.24, 2.45) is 0 Å². The van der Waals surface area contributed by atoms with E-state index in [1.165, 1.54) is 10.9 Å². The maximum Gasteiger partial charge on any atom is 0.287 e. The fourth-order valence-corrected chi connectivity index (χ4v) is 2.83. The van der Waals surface area contributed by atoms with Crippen LogP contribution < -0.4 is 5.32 Å². The summed E-state index contributed by atoms with van der Waals surface area (Å²) in [6.07, 6.45) is 7.25. The number of aromatic nitrogens is 3. The van der Waals surface area contributed by atoms with Crippen LogP contribution in [0.3, 0.4) is 0 Å². The molecule has 2 N–H and O–H groups in total. The number of rotatable bonds is 5. The summed E-state index contributed by atoms with van der Waals surface area (Å²) in [5, 5.41) is 4.08. The minimum atomic E-state index is -0.220. The van der Waals surface area contributed by atoms with Gasteiger partial charge in [0.2, 0.25) is 0 Å². The monoisotopic (exact) mass is 334 g/mol. The Morgan fingerprint density at radius 1 is 1.32 bits per heavy atom. The van der Waals surface area contributed by atoms with E-state index < -0.39 is 0 Å². The highest BCUT2D eigenvalue weighted by molar-refractivity contribution is 5.91. The lowest BCUT2D eigenvalue weighted by Crippen LogP contribution is -2.22. The van der Waals surface area contributed by atoms with Gasteiger partial charge in [0.05, 0.1) is 12.9 Å². The molecular formula is C19H18N4O2. The lowest BCUT2D eigenvalue weighted by Gasteiger charge is -2.04. The fourth-order valence-electron chi connectivity index (χ4n) is 2.83. The van der Waals surface area contributed by atoms with Gasteiger partial charge in [0.1, 0.15) is 5.76 Å². The Morgan fingerprint density at radius 3 is 3.08 bits per heavy atom. The second-order valence-electron chi connectivity index (χ2n) is 6.04. The second kappa shape index (κ2) is 6.32. The minimum Gasteiger partial charge on any atom is -0.454 e. The Hall–Kier alpha value is -3.28. The summed E-state index contributed by atoms with van der Waals surface area (Å²) in [6.45, 7) is 3.07. The zero-order valence-electron chi connectivity index (χ0n) is 13.8. The smallest absolute Gasteiger partial charge is 0.287 e. The quantitative estimate of drug-likeness (QED) is 0.588. The van der Waals surface area contributed by atoms with Gasteiger partial charge in [-0.05, 0) is 42.3 Å². The van der Waals surface area contributed by atoms with Crippen LogP contribution in [0.1, 0.15) is 27.4 Å². The van der Waals surface area contributed by atoms with E-state index in [2.05, 4.69) is 28.3 Å². The van der Waals surface area contributed by atoms with Crippen LogP contribution in [0.4, 0.5) is 0 Å². The van der Waals surface area contributed by atoms with E-state index in [0.717, 1.165) is 11.1 Å². The third-order valence-corrected chi connectivity index (χ3v) is 4.19. The van der Waals surface area contributed by atoms with E-state index in [0.29, 0.717) is 24.6 Å². The number of nitrogens with one attached hydrogen (secondary N) is 2. The van der Waals surface area contributed by atoms with E-state index in [-0.39, 0.29) is 5.91 Å². The summed E-state index contributed by atoms with van der Waals surface area (Å²) in [5.74, 6) is 0.810. The molecule has 1 aromatic carbocycles. The molecule has 126 valence electrons. The minimum absolute atomic E-state index is 0.220. The number of nitrogens with zero attached hydrogens (tertiary/aromatic N) is 2. The maximum atomic E-state index is 12.3. The Bertz CT molecular complexity index is 1010. The molecule has 0 saturated heterocycles. The van der Waals surface area contributed by atoms with Gasteiger partial charge >= 0.3 is 0 Å². The molecule has 0 spiro atoms. The average Bonchev–Trinajstić information content (AvgIpc) is 3.36. The fraction of sp³-hybridized carbons (Fsp3) is 0.158. The van der Waals surface area contributed by atoms with Crippen molar-refractivity contribution in [3.05, 3.63) is 77.9 Å². The number of aryl methyl sites for hydroxylation is 1. The van der Waals surface area contributed by atoms with Crippen molar-refractivity contribution in [1.29, 1.82) is 0 Å². The summed E-state index contributed by atoms with van der Waals surface area (Å²) in [6, 6.07) is 9.63. The van der Waals surface area contributed by atoms with Crippen molar-refractivity contribution in [3.63, 3.8) is 0 Å². The first-order valence-corrected chi connectivity index (χ1v) is 8.08. The topological polar surface area (TPSA) is 75.8 Å². The highest BCUT2D eigenvalue weighted by Gasteiger charge is 2.11. The molecule has 0 bridgehead atoms. The summed E-state index contributed by atoms with van der Waals surface area (Å²) in [4.78, 5) is 19.5. The van der Waals surface area contributed by atoms with Crippen LogP contribution in [0.5, 0.6) is 0 Å². The first-order chi connectivity index (χ1) is 12.2. The first kappa shape index (κ1) is 15.3. The molecule has 0 saturated carbocycles. The van der Waals surface area contributed by atoms with E-state index in [1.54, 1.807) is 18.6 Å². The summed E-state index contributed by atoms with van der Waals surface area (Å²) >= 11 is 0. The Labute approximate surface area is 144 Å². The maximum absolute atomic E-state index is 12.3. The molecule has 25 heavy (non-hydrogen) atoms. The molecule has 0 unspecified atom stereocenters. The van der Waals surface area contributed by atoms with Gasteiger partial charge in [0, 0.05) is 36.0 Å². The van der Waals surface area contributed by atoms with Gasteiger partial charge < -0.3 is 19.3 Å². The molecule has 3 aromatic heterocycles. The third kappa shape index (κ3) is 3.19. The number of hydrogen-bond acceptors (Lipinski definition) is 3. The predicted octanol–water partition coefficient (Wildman–Crippen LogP) is 3.24. The number of aromatic amines is 1. The summed E-state index contributed by atoms with van der Waals surface area (Å²) in [5.41, 5.74) is 3.34. The molecule has 0 radical (unpaired) electrons. The molecule has 0 aliphatic carbocycles. The molecule has 6 heteroatoms. The second-order valence-corrected chi connectivity index (χ2v) is 6.04. The van der Waals surface area contributed by atoms with Crippen LogP contribution in [0, 0.1) is 6.92 Å². The molecule has 0 aliphatic rings. The van der Waals surface area contributed by atoms with Gasteiger partial charge in [-0.1, -0.05) is 6.07 Å². The number of amides is 1. The molecule has 0 atom stereocenters. The van der Waals surface area contributed by atoms with Crippen LogP contribution in [0.25, 0.3) is 10.9 Å². The number of benzene rings is 1. The van der Waals surface area contributed by atoms with Gasteiger partial charge in [-0.3, -0.25) is 4.79 Å². The SMILES string of the molecule is Cc1c[nH]c2ccc(CNC(=O)c3ccc(Cn4ccnc4)o3)cc12. The lowest BCUT2D eigenvalue weighted by molar-refractivity contribution is 0.0921. The van der Waals surface area contributed by atoms with Gasteiger partial charge in [0.15, 0.2) is 5.76 Å². The van der Waals surface area contributed by atoms with Gasteiger partial charge in [-0.25, -0.2) is 4.98 Å². The van der Waals surface area contributed by atoms with Crippen molar-refractivity contribution in [2.45, 2.75) is 20.0 Å². The van der Waals surface area contributed by atoms with Crippen molar-refractivity contribution in [3.8, 4) is 0 Å². The van der Waals surface area contributed by atoms with E-state index >= 15 is 0 Å². The molecule has 0 aliphatic heterocycles. The highest BCUT2D eigenvalue weighted by atomic mass is 16.4. The third-order valence-electron chi connectivity index (χ3n) is 4.19. The number of carbonyl (C=O) groups is 1. The van der Waals surface area contributed by atoms with Crippen LogP contribution in [0.15, 0.2) is 59.7 Å². The number of furan rings is 1. The van der Waals surface area contributed by atoms with Gasteiger partial charge in [-0.15, -0.1) is 0 Å². The average molecular weight is 334 g/mol. The van der Waals surface area contributed by atoms with Crippen LogP contribution in [-0.4, -0.2) is 20.4 Å². The largest absolute Gasteiger partial charge is 0.454 e. The van der Waals surface area contributed by atoms with Crippen molar-refractivity contribution in [2.75, 3.05) is 0 Å². The van der Waals surface area contributed by atoms with Crippen molar-refractivity contribution < 1.29 is 9.21 Å². The molecule has 0 fully saturated rings. The Balaban J connectivity index is 1.41. The van der Waals surface area contributed by atoms with Crippen LogP contribution in [0.2, 0.25) is 0 Å². The standard InChI is InChI=1S/C19H18N4O2/c1-13-9-21-17-4-2-14(8-16(13)17)10-22-19(24)18-5-3-15(25-18)11-23-7-6-20-12-23/h2-9,12,21H,10-11H2,1H3,(H,22,24). The van der Waals surface area contributed by atoms with E-state index in [1.807, 2.05) is 35.2 Å². The first-order valence-electron chi connectivity index (χ1n) is 8.08. The van der Waals surface area contributed by atoms with E-state index in [9.17, 15) is 4.79 Å². The molecule has 4 rings (SSSR count). The summed E-state index contributed by atoms with van der Waals surface area (Å²) in [7, 11) is 0. The number of fused-ring (bicyclic) bond motifs is 1. The Kier molecular flexibility index (Phi) is 3.85. The van der Waals surface area contributed by atoms with Gasteiger partial charge in [-0.2, -0.15) is 0 Å². The van der Waals surface area contributed by atoms with E-state index in [4.69, 9.17) is 4.42 Å². The zero-order chi connectivity index (χ0) is 17.2. The molecule has 4 aromatic rings. The normalized spacial score (nSPS) is 11.1. The van der Waals surface area contributed by atoms with Crippen LogP contribution in [-0.2, 0) is 13.1 Å². The highest BCUT2D eigenvalue weighted by Crippen LogP contribution is 2.19. The molecular weight excluding hydrogens is 316 g/mol.